The average molecular weight is 490 g/mol. The number of aliphatic imine (C=N–C) groups is 2. The van der Waals surface area contributed by atoms with Crippen LogP contribution in [0.3, 0.4) is 0 Å². The molecule has 2 N–H and O–H groups in total. The molecule has 2 rings (SSSR count). The van der Waals surface area contributed by atoms with Crippen molar-refractivity contribution >= 4 is 23.0 Å². The molecule has 8 nitrogen and oxygen atoms in total. The number of aromatic amines is 2. The van der Waals surface area contributed by atoms with E-state index < -0.39 is 0 Å². The van der Waals surface area contributed by atoms with Gasteiger partial charge in [0.1, 0.15) is 11.6 Å². The number of hydrogen-bond donors (Lipinski definition) is 2. The predicted molar refractivity (Wildman–Crippen MR) is 104 cm³/mol. The Bertz CT molecular complexity index is 569. The van der Waals surface area contributed by atoms with E-state index in [0.717, 1.165) is 11.4 Å². The molecular weight excluding hydrogens is 462 g/mol. The summed E-state index contributed by atoms with van der Waals surface area (Å²) in [6, 6.07) is 0. The first-order chi connectivity index (χ1) is 12.4. The summed E-state index contributed by atoms with van der Waals surface area (Å²) in [4.78, 5) is 42.8. The third kappa shape index (κ3) is 28.5. The molecule has 0 bridgehead atoms. The second kappa shape index (κ2) is 24.2. The molecule has 165 valence electrons. The van der Waals surface area contributed by atoms with E-state index in [-0.39, 0.29) is 53.2 Å². The number of nitrogens with zero attached hydrogens (tertiary/aromatic N) is 4. The Morgan fingerprint density at radius 1 is 0.759 bits per heavy atom. The number of halogens is 2. The van der Waals surface area contributed by atoms with Gasteiger partial charge in [-0.2, -0.15) is 0 Å². The van der Waals surface area contributed by atoms with E-state index in [1.165, 1.54) is 0 Å². The Labute approximate surface area is 194 Å². The Balaban J connectivity index is -0.000000196. The van der Waals surface area contributed by atoms with Crippen molar-refractivity contribution in [1.82, 2.24) is 19.9 Å². The van der Waals surface area contributed by atoms with E-state index in [9.17, 15) is 9.59 Å². The maximum atomic E-state index is 10.8. The molecule has 0 unspecified atom stereocenters. The minimum absolute atomic E-state index is 0. The van der Waals surface area contributed by atoms with Crippen molar-refractivity contribution in [3.63, 3.8) is 0 Å². The van der Waals surface area contributed by atoms with Gasteiger partial charge in [-0.3, -0.25) is 19.6 Å². The third-order valence-electron chi connectivity index (χ3n) is 2.68. The van der Waals surface area contributed by atoms with Crippen LogP contribution in [0.2, 0.25) is 0 Å². The summed E-state index contributed by atoms with van der Waals surface area (Å²) >= 11 is 0. The molecule has 0 aliphatic heterocycles. The van der Waals surface area contributed by atoms with Crippen LogP contribution in [-0.4, -0.2) is 56.0 Å². The summed E-state index contributed by atoms with van der Waals surface area (Å²) in [5.41, 5.74) is 1.68. The molecule has 0 saturated carbocycles. The summed E-state index contributed by atoms with van der Waals surface area (Å²) in [5.74, 6) is 0.245. The van der Waals surface area contributed by atoms with Gasteiger partial charge in [-0.1, -0.05) is 0 Å². The Hall–Kier alpha value is -1.81. The first kappa shape index (κ1) is 34.7. The zero-order valence-electron chi connectivity index (χ0n) is 17.0. The fraction of sp³-hybridized carbons (Fsp3) is 0.444. The molecule has 11 heteroatoms. The number of nitrogens with one attached hydrogen (secondary N) is 2. The van der Waals surface area contributed by atoms with Crippen molar-refractivity contribution in [2.75, 3.05) is 13.1 Å². The van der Waals surface area contributed by atoms with Gasteiger partial charge >= 0.3 is 16.8 Å². The topological polar surface area (TPSA) is 116 Å². The predicted octanol–water partition coefficient (Wildman–Crippen LogP) is -3.31. The number of ketones is 2. The van der Waals surface area contributed by atoms with Crippen LogP contribution in [0.5, 0.6) is 0 Å². The van der Waals surface area contributed by atoms with E-state index in [0.29, 0.717) is 25.9 Å². The largest absolute Gasteiger partial charge is 2.00 e. The molecule has 1 radical (unpaired) electrons. The monoisotopic (exact) mass is 489 g/mol. The number of carbonyl (C=O) groups is 2. The summed E-state index contributed by atoms with van der Waals surface area (Å²) in [6.45, 7) is 7.94. The zero-order valence-corrected chi connectivity index (χ0v) is 19.5. The number of imidazole rings is 2. The van der Waals surface area contributed by atoms with Gasteiger partial charge in [0.2, 0.25) is 0 Å². The van der Waals surface area contributed by atoms with Gasteiger partial charge in [-0.15, -0.1) is 0 Å². The van der Waals surface area contributed by atoms with Crippen LogP contribution in [0.25, 0.3) is 0 Å². The molecule has 0 saturated heterocycles. The summed E-state index contributed by atoms with van der Waals surface area (Å²) in [7, 11) is 0. The molecule has 2 aromatic rings. The molecule has 29 heavy (non-hydrogen) atoms. The molecule has 2 aromatic heterocycles. The van der Waals surface area contributed by atoms with Gasteiger partial charge in [0.05, 0.1) is 25.7 Å². The molecule has 0 amide bonds. The van der Waals surface area contributed by atoms with Crippen molar-refractivity contribution < 1.29 is 51.2 Å². The van der Waals surface area contributed by atoms with Crippen LogP contribution in [0.1, 0.15) is 40.5 Å². The van der Waals surface area contributed by atoms with Crippen molar-refractivity contribution in [2.45, 2.75) is 40.5 Å². The fourth-order valence-electron chi connectivity index (χ4n) is 1.74. The Kier molecular flexibility index (Phi) is 29.0. The van der Waals surface area contributed by atoms with Gasteiger partial charge in [0.25, 0.3) is 0 Å². The van der Waals surface area contributed by atoms with Crippen molar-refractivity contribution in [3.8, 4) is 0 Å². The zero-order chi connectivity index (χ0) is 19.6. The number of H-pyrrole nitrogens is 2. The Morgan fingerprint density at radius 2 is 1.10 bits per heavy atom. The van der Waals surface area contributed by atoms with Crippen LogP contribution in [-0.2, 0) is 26.4 Å². The minimum Gasteiger partial charge on any atom is -1.00 e. The standard InChI is InChI=1S/C12H20N2O2.2C3H4N2.2ClH.Co/c1-9(7-11(3)15)13-5-6-14-10(2)8-12(4)16;2*1-2-5-3-4-1;;;/h5-8H2,1-4H3;2*1-3H,(H,4,5);2*1H;/q;;;;;+2/p-2. The normalized spacial score (nSPS) is 9.79. The number of hydrogen-bond acceptors (Lipinski definition) is 6. The van der Waals surface area contributed by atoms with Crippen LogP contribution < -0.4 is 24.8 Å². The minimum atomic E-state index is 0. The van der Waals surface area contributed by atoms with Crippen molar-refractivity contribution in [1.29, 1.82) is 0 Å². The van der Waals surface area contributed by atoms with E-state index in [2.05, 4.69) is 29.9 Å². The van der Waals surface area contributed by atoms with Gasteiger partial charge in [0, 0.05) is 49.1 Å². The molecular formula is C18H28Cl2CoN6O2. The molecule has 0 aliphatic rings. The SMILES string of the molecule is CC(=O)CC(C)=NCCN=C(C)CC(C)=O.[Cl-].[Cl-].[Co+2].c1c[nH]cn1.c1c[nH]cn1. The fourth-order valence-corrected chi connectivity index (χ4v) is 1.74. The number of carbonyl (C=O) groups excluding carboxylic acids is 2. The summed E-state index contributed by atoms with van der Waals surface area (Å²) < 4.78 is 0. The Morgan fingerprint density at radius 3 is 1.28 bits per heavy atom. The maximum absolute atomic E-state index is 10.8. The molecule has 0 aliphatic carbocycles. The molecule has 0 atom stereocenters. The molecule has 0 aromatic carbocycles. The van der Waals surface area contributed by atoms with Crippen LogP contribution in [0.4, 0.5) is 0 Å². The van der Waals surface area contributed by atoms with Crippen LogP contribution in [0.15, 0.2) is 47.4 Å². The molecule has 2 heterocycles. The second-order valence-electron chi connectivity index (χ2n) is 5.51. The first-order valence-corrected chi connectivity index (χ1v) is 8.26. The van der Waals surface area contributed by atoms with E-state index in [4.69, 9.17) is 0 Å². The quantitative estimate of drug-likeness (QED) is 0.313. The smallest absolute Gasteiger partial charge is 1.00 e. The number of aromatic nitrogens is 4. The average Bonchev–Trinajstić information content (AvgIpc) is 3.28. The van der Waals surface area contributed by atoms with Gasteiger partial charge < -0.3 is 34.8 Å². The summed E-state index contributed by atoms with van der Waals surface area (Å²) in [6.07, 6.45) is 11.0. The van der Waals surface area contributed by atoms with E-state index in [1.807, 2.05) is 13.8 Å². The number of Topliss-reactive ketones (excluding diaryl/α,β-unsaturated/α-hetero) is 2. The second-order valence-corrected chi connectivity index (χ2v) is 5.51. The number of rotatable bonds is 7. The maximum Gasteiger partial charge on any atom is 2.00 e. The van der Waals surface area contributed by atoms with Crippen molar-refractivity contribution in [3.05, 3.63) is 37.4 Å². The third-order valence-corrected chi connectivity index (χ3v) is 2.68. The van der Waals surface area contributed by atoms with Crippen LogP contribution >= 0.6 is 0 Å². The van der Waals surface area contributed by atoms with Crippen molar-refractivity contribution in [2.24, 2.45) is 9.98 Å². The van der Waals surface area contributed by atoms with Gasteiger partial charge in [-0.25, -0.2) is 9.97 Å². The molecule has 0 fully saturated rings. The van der Waals surface area contributed by atoms with Crippen LogP contribution in [0, 0.1) is 0 Å². The first-order valence-electron chi connectivity index (χ1n) is 8.26. The molecule has 0 spiro atoms. The van der Waals surface area contributed by atoms with E-state index in [1.54, 1.807) is 51.3 Å². The van der Waals surface area contributed by atoms with Gasteiger partial charge in [0.15, 0.2) is 0 Å². The summed E-state index contributed by atoms with van der Waals surface area (Å²) in [5, 5.41) is 0. The van der Waals surface area contributed by atoms with E-state index >= 15 is 0 Å². The van der Waals surface area contributed by atoms with Gasteiger partial charge in [-0.05, 0) is 27.7 Å².